The third-order valence-electron chi connectivity index (χ3n) is 2.74. The normalized spacial score (nSPS) is 16.8. The van der Waals surface area contributed by atoms with E-state index in [0.717, 1.165) is 11.3 Å². The molecule has 3 N–H and O–H groups in total. The summed E-state index contributed by atoms with van der Waals surface area (Å²) >= 11 is 0. The van der Waals surface area contributed by atoms with Crippen LogP contribution in [0.2, 0.25) is 0 Å². The van der Waals surface area contributed by atoms with E-state index in [1.165, 1.54) is 6.07 Å². The quantitative estimate of drug-likeness (QED) is 0.820. The maximum absolute atomic E-state index is 13.2. The van der Waals surface area contributed by atoms with Crippen molar-refractivity contribution in [1.82, 2.24) is 0 Å². The van der Waals surface area contributed by atoms with Crippen LogP contribution in [-0.4, -0.2) is 24.2 Å². The van der Waals surface area contributed by atoms with Crippen molar-refractivity contribution in [2.24, 2.45) is 5.73 Å². The third-order valence-corrected chi connectivity index (χ3v) is 2.74. The molecule has 0 saturated heterocycles. The van der Waals surface area contributed by atoms with E-state index in [-0.39, 0.29) is 0 Å². The molecule has 16 heavy (non-hydrogen) atoms. The minimum Gasteiger partial charge on any atom is -0.493 e. The molecule has 0 bridgehead atoms. The lowest BCUT2D eigenvalue weighted by atomic mass is 9.99. The Hall–Kier alpha value is -1.20. The number of rotatable bonds is 3. The topological polar surface area (TPSA) is 55.5 Å². The highest BCUT2D eigenvalue weighted by atomic mass is 19.3. The molecule has 1 heterocycles. The van der Waals surface area contributed by atoms with Crippen LogP contribution in [0.1, 0.15) is 17.2 Å². The van der Waals surface area contributed by atoms with Crippen LogP contribution in [0, 0.1) is 0 Å². The van der Waals surface area contributed by atoms with E-state index in [0.29, 0.717) is 18.6 Å². The highest BCUT2D eigenvalue weighted by Gasteiger charge is 2.37. The molecule has 0 unspecified atom stereocenters. The van der Waals surface area contributed by atoms with Crippen molar-refractivity contribution < 1.29 is 18.6 Å². The van der Waals surface area contributed by atoms with Gasteiger partial charge in [0.25, 0.3) is 5.92 Å². The molecule has 88 valence electrons. The van der Waals surface area contributed by atoms with Crippen LogP contribution in [0.25, 0.3) is 0 Å². The minimum absolute atomic E-state index is 0.323. The lowest BCUT2D eigenvalue weighted by molar-refractivity contribution is -0.0711. The Balaban J connectivity index is 2.28. The summed E-state index contributed by atoms with van der Waals surface area (Å²) in [5.74, 6) is -2.57. The minimum atomic E-state index is -3.30. The molecule has 0 radical (unpaired) electrons. The van der Waals surface area contributed by atoms with Gasteiger partial charge in [0, 0.05) is 6.42 Å². The second kappa shape index (κ2) is 3.99. The van der Waals surface area contributed by atoms with E-state index in [2.05, 4.69) is 0 Å². The van der Waals surface area contributed by atoms with Gasteiger partial charge >= 0.3 is 0 Å². The first-order valence-corrected chi connectivity index (χ1v) is 5.04. The Morgan fingerprint density at radius 1 is 1.50 bits per heavy atom. The van der Waals surface area contributed by atoms with E-state index >= 15 is 0 Å². The highest BCUT2D eigenvalue weighted by Crippen LogP contribution is 2.33. The highest BCUT2D eigenvalue weighted by molar-refractivity contribution is 5.41. The monoisotopic (exact) mass is 229 g/mol. The van der Waals surface area contributed by atoms with Crippen molar-refractivity contribution in [3.05, 3.63) is 29.3 Å². The van der Waals surface area contributed by atoms with Gasteiger partial charge in [-0.05, 0) is 17.2 Å². The molecular formula is C11H13F2NO2. The van der Waals surface area contributed by atoms with E-state index < -0.39 is 18.6 Å². The second-order valence-corrected chi connectivity index (χ2v) is 3.86. The molecule has 0 amide bonds. The number of hydrogen-bond donors (Lipinski definition) is 2. The number of halogens is 2. The standard InChI is InChI=1S/C11H13F2NO2/c12-11(13,6-15)10(14)8-1-2-9-7(5-8)3-4-16-9/h1-2,5,10,15H,3-4,6,14H2/t10-/m1/s1. The van der Waals surface area contributed by atoms with Gasteiger partial charge in [0.05, 0.1) is 12.6 Å². The molecule has 0 fully saturated rings. The van der Waals surface area contributed by atoms with Crippen LogP contribution >= 0.6 is 0 Å². The number of alkyl halides is 2. The van der Waals surface area contributed by atoms with E-state index in [9.17, 15) is 8.78 Å². The van der Waals surface area contributed by atoms with Gasteiger partial charge in [0.15, 0.2) is 0 Å². The number of aliphatic hydroxyl groups excluding tert-OH is 1. The molecule has 0 aromatic heterocycles. The molecule has 0 aliphatic carbocycles. The number of ether oxygens (including phenoxy) is 1. The average molecular weight is 229 g/mol. The van der Waals surface area contributed by atoms with Crippen LogP contribution < -0.4 is 10.5 Å². The number of fused-ring (bicyclic) bond motifs is 1. The zero-order valence-corrected chi connectivity index (χ0v) is 8.62. The first kappa shape index (κ1) is 11.3. The number of hydrogen-bond acceptors (Lipinski definition) is 3. The van der Waals surface area contributed by atoms with Crippen LogP contribution in [-0.2, 0) is 6.42 Å². The molecule has 1 aliphatic heterocycles. The predicted molar refractivity (Wildman–Crippen MR) is 54.6 cm³/mol. The van der Waals surface area contributed by atoms with Crippen molar-refractivity contribution in [2.45, 2.75) is 18.4 Å². The maximum atomic E-state index is 13.2. The number of benzene rings is 1. The molecule has 3 nitrogen and oxygen atoms in total. The maximum Gasteiger partial charge on any atom is 0.289 e. The Morgan fingerprint density at radius 3 is 2.94 bits per heavy atom. The van der Waals surface area contributed by atoms with E-state index in [4.69, 9.17) is 15.6 Å². The molecule has 5 heteroatoms. The smallest absolute Gasteiger partial charge is 0.289 e. The Bertz CT molecular complexity index is 396. The molecule has 1 aromatic rings. The van der Waals surface area contributed by atoms with Gasteiger partial charge < -0.3 is 15.6 Å². The van der Waals surface area contributed by atoms with Gasteiger partial charge in [0.1, 0.15) is 12.4 Å². The Labute approximate surface area is 91.8 Å². The molecule has 1 aromatic carbocycles. The van der Waals surface area contributed by atoms with Crippen molar-refractivity contribution in [3.8, 4) is 5.75 Å². The SMILES string of the molecule is N[C@H](c1ccc2c(c1)CCO2)C(F)(F)CO. The van der Waals surface area contributed by atoms with Crippen LogP contribution in [0.3, 0.4) is 0 Å². The summed E-state index contributed by atoms with van der Waals surface area (Å²) in [4.78, 5) is 0. The summed E-state index contributed by atoms with van der Waals surface area (Å²) < 4.78 is 31.6. The van der Waals surface area contributed by atoms with Gasteiger partial charge in [-0.1, -0.05) is 12.1 Å². The Kier molecular flexibility index (Phi) is 2.82. The summed E-state index contributed by atoms with van der Waals surface area (Å²) in [6.07, 6.45) is 0.709. The van der Waals surface area contributed by atoms with Crippen LogP contribution in [0.4, 0.5) is 8.78 Å². The zero-order valence-electron chi connectivity index (χ0n) is 8.62. The van der Waals surface area contributed by atoms with Gasteiger partial charge in [-0.3, -0.25) is 0 Å². The molecule has 0 saturated carbocycles. The first-order chi connectivity index (χ1) is 7.54. The van der Waals surface area contributed by atoms with Gasteiger partial charge in [0.2, 0.25) is 0 Å². The first-order valence-electron chi connectivity index (χ1n) is 5.04. The summed E-state index contributed by atoms with van der Waals surface area (Å²) in [5.41, 5.74) is 6.64. The summed E-state index contributed by atoms with van der Waals surface area (Å²) in [6, 6.07) is 3.29. The number of aliphatic hydroxyl groups is 1. The third kappa shape index (κ3) is 1.88. The van der Waals surface area contributed by atoms with Crippen LogP contribution in [0.5, 0.6) is 5.75 Å². The van der Waals surface area contributed by atoms with Gasteiger partial charge in [-0.15, -0.1) is 0 Å². The Morgan fingerprint density at radius 2 is 2.25 bits per heavy atom. The largest absolute Gasteiger partial charge is 0.493 e. The molecule has 1 atom stereocenters. The fourth-order valence-corrected chi connectivity index (χ4v) is 1.74. The summed E-state index contributed by atoms with van der Waals surface area (Å²) in [7, 11) is 0. The van der Waals surface area contributed by atoms with Crippen molar-refractivity contribution in [3.63, 3.8) is 0 Å². The van der Waals surface area contributed by atoms with Gasteiger partial charge in [-0.2, -0.15) is 0 Å². The van der Waals surface area contributed by atoms with Crippen molar-refractivity contribution in [2.75, 3.05) is 13.2 Å². The van der Waals surface area contributed by atoms with E-state index in [1.54, 1.807) is 12.1 Å². The predicted octanol–water partition coefficient (Wildman–Crippen LogP) is 1.25. The fraction of sp³-hybridized carbons (Fsp3) is 0.455. The van der Waals surface area contributed by atoms with Crippen molar-refractivity contribution >= 4 is 0 Å². The number of nitrogens with two attached hydrogens (primary N) is 1. The van der Waals surface area contributed by atoms with E-state index in [1.807, 2.05) is 0 Å². The van der Waals surface area contributed by atoms with Crippen LogP contribution in [0.15, 0.2) is 18.2 Å². The fourth-order valence-electron chi connectivity index (χ4n) is 1.74. The molecule has 2 rings (SSSR count). The lowest BCUT2D eigenvalue weighted by Crippen LogP contribution is -2.36. The zero-order chi connectivity index (χ0) is 11.8. The second-order valence-electron chi connectivity index (χ2n) is 3.86. The average Bonchev–Trinajstić information content (AvgIpc) is 2.74. The lowest BCUT2D eigenvalue weighted by Gasteiger charge is -2.22. The molecule has 1 aliphatic rings. The summed E-state index contributed by atoms with van der Waals surface area (Å²) in [5, 5.41) is 8.56. The van der Waals surface area contributed by atoms with Crippen molar-refractivity contribution in [1.29, 1.82) is 0 Å². The molecule has 0 spiro atoms. The summed E-state index contributed by atoms with van der Waals surface area (Å²) in [6.45, 7) is -0.674. The van der Waals surface area contributed by atoms with Gasteiger partial charge in [-0.25, -0.2) is 8.78 Å². The molecular weight excluding hydrogens is 216 g/mol.